The van der Waals surface area contributed by atoms with Crippen LogP contribution in [0, 0.1) is 46.6 Å². The predicted octanol–water partition coefficient (Wildman–Crippen LogP) is 6.09. The first-order chi connectivity index (χ1) is 23.6. The zero-order valence-electron chi connectivity index (χ0n) is 26.5. The maximum atomic E-state index is 14.2. The molecular weight excluding hydrogens is 667 g/mol. The van der Waals surface area contributed by atoms with Gasteiger partial charge in [0.2, 0.25) is 11.8 Å². The Morgan fingerprint density at radius 3 is 2.41 bits per heavy atom. The number of fused-ring (bicyclic) bond motifs is 9. The van der Waals surface area contributed by atoms with Gasteiger partial charge in [-0.2, -0.15) is 0 Å². The van der Waals surface area contributed by atoms with Gasteiger partial charge in [-0.1, -0.05) is 41.2 Å². The Kier molecular flexibility index (Phi) is 7.71. The van der Waals surface area contributed by atoms with Crippen LogP contribution < -0.4 is 14.5 Å². The van der Waals surface area contributed by atoms with Gasteiger partial charge in [-0.25, -0.2) is 4.79 Å². The number of benzene rings is 3. The quantitative estimate of drug-likeness (QED) is 0.1000. The van der Waals surface area contributed by atoms with E-state index in [0.29, 0.717) is 34.0 Å². The van der Waals surface area contributed by atoms with Gasteiger partial charge in [-0.05, 0) is 73.9 Å². The Morgan fingerprint density at radius 2 is 1.71 bits per heavy atom. The molecule has 1 saturated heterocycles. The molecule has 2 bridgehead atoms. The average Bonchev–Trinajstić information content (AvgIpc) is 3.83. The molecule has 2 saturated carbocycles. The molecule has 4 aromatic rings. The molecule has 250 valence electrons. The van der Waals surface area contributed by atoms with Gasteiger partial charge in [-0.3, -0.25) is 29.4 Å². The number of esters is 1. The fourth-order valence-corrected chi connectivity index (χ4v) is 11.3. The zero-order chi connectivity index (χ0) is 34.1. The third-order valence-corrected chi connectivity index (χ3v) is 13.0. The molecule has 3 heterocycles. The summed E-state index contributed by atoms with van der Waals surface area (Å²) >= 11 is 2.63. The summed E-state index contributed by atoms with van der Waals surface area (Å²) < 4.78 is 11.4. The number of thioether (sulfide) groups is 1. The molecule has 13 heteroatoms. The first-order valence-electron chi connectivity index (χ1n) is 16.2. The van der Waals surface area contributed by atoms with Crippen LogP contribution in [0.4, 0.5) is 11.4 Å². The number of thiazole rings is 1. The van der Waals surface area contributed by atoms with Crippen LogP contribution in [0.1, 0.15) is 51.2 Å². The first kappa shape index (κ1) is 31.5. The van der Waals surface area contributed by atoms with Crippen molar-refractivity contribution in [1.29, 1.82) is 0 Å². The van der Waals surface area contributed by atoms with E-state index in [0.717, 1.165) is 27.3 Å². The van der Waals surface area contributed by atoms with Crippen molar-refractivity contribution >= 4 is 52.3 Å². The SMILES string of the molecule is CCOC(=O)c1ccc(N2C(=O)[C@H]3[C@H]4C[C@@H]([C@@H]3C2=O)[C@H]2[C@H](c3cc([N+](=O)[O-])ccc3OCc3ccc(C)cc3)c3sc(=O)[nH]c3S[C@H]42)cc1. The van der Waals surface area contributed by atoms with Crippen molar-refractivity contribution in [2.75, 3.05) is 11.5 Å². The van der Waals surface area contributed by atoms with Gasteiger partial charge in [0.15, 0.2) is 0 Å². The van der Waals surface area contributed by atoms with E-state index in [1.54, 1.807) is 55.1 Å². The van der Waals surface area contributed by atoms with E-state index in [2.05, 4.69) is 4.98 Å². The number of imide groups is 1. The van der Waals surface area contributed by atoms with Crippen molar-refractivity contribution in [3.8, 4) is 5.75 Å². The second kappa shape index (κ2) is 12.0. The molecule has 2 amide bonds. The molecule has 0 unspecified atom stereocenters. The van der Waals surface area contributed by atoms with E-state index in [1.807, 2.05) is 31.2 Å². The van der Waals surface area contributed by atoms with Crippen molar-refractivity contribution in [3.63, 3.8) is 0 Å². The maximum absolute atomic E-state index is 14.2. The van der Waals surface area contributed by atoms with Crippen LogP contribution in [0.25, 0.3) is 0 Å². The number of carbonyl (C=O) groups excluding carboxylic acids is 3. The predicted molar refractivity (Wildman–Crippen MR) is 182 cm³/mol. The van der Waals surface area contributed by atoms with E-state index < -0.39 is 28.6 Å². The highest BCUT2D eigenvalue weighted by atomic mass is 32.2. The molecule has 0 radical (unpaired) electrons. The standard InChI is InChI=1S/C36H31N3O8S2/c1-3-46-35(42)19-8-10-20(11-9-19)38-33(40)28-23-15-24(29(28)34(38)41)30-27(23)26(31-32(48-30)37-36(43)49-31)22-14-21(39(44)45)12-13-25(22)47-16-18-6-4-17(2)5-7-18/h4-14,23-24,26-30H,3,15-16H2,1-2H3,(H,37,43)/t23-,24-,26+,27+,28+,29+,30-/m1/s1. The van der Waals surface area contributed by atoms with Gasteiger partial charge in [0.25, 0.3) is 5.69 Å². The number of amides is 2. The molecule has 49 heavy (non-hydrogen) atoms. The van der Waals surface area contributed by atoms with Gasteiger partial charge in [-0.15, -0.1) is 11.8 Å². The van der Waals surface area contributed by atoms with Crippen LogP contribution in [0.3, 0.4) is 0 Å². The van der Waals surface area contributed by atoms with E-state index in [-0.39, 0.29) is 58.6 Å². The molecule has 3 fully saturated rings. The third-order valence-electron chi connectivity index (χ3n) is 10.4. The number of H-pyrrole nitrogens is 1. The van der Waals surface area contributed by atoms with Gasteiger partial charge >= 0.3 is 10.8 Å². The number of aromatic nitrogens is 1. The minimum absolute atomic E-state index is 0.0949. The second-order valence-electron chi connectivity index (χ2n) is 13.0. The summed E-state index contributed by atoms with van der Waals surface area (Å²) in [5.74, 6) is -2.62. The Hall–Kier alpha value is -4.75. The molecule has 7 atom stereocenters. The van der Waals surface area contributed by atoms with Crippen LogP contribution in [-0.2, 0) is 20.9 Å². The summed E-state index contributed by atoms with van der Waals surface area (Å²) in [6.07, 6.45) is 0.662. The number of rotatable bonds is 8. The Labute approximate surface area is 288 Å². The van der Waals surface area contributed by atoms with Gasteiger partial charge in [0.05, 0.1) is 39.6 Å². The summed E-state index contributed by atoms with van der Waals surface area (Å²) in [4.78, 5) is 69.6. The number of ether oxygens (including phenoxy) is 2. The highest BCUT2D eigenvalue weighted by Gasteiger charge is 2.70. The Balaban J connectivity index is 1.17. The lowest BCUT2D eigenvalue weighted by Gasteiger charge is -2.43. The van der Waals surface area contributed by atoms with E-state index >= 15 is 0 Å². The summed E-state index contributed by atoms with van der Waals surface area (Å²) in [7, 11) is 0. The van der Waals surface area contributed by atoms with Crippen molar-refractivity contribution in [3.05, 3.63) is 114 Å². The lowest BCUT2D eigenvalue weighted by atomic mass is 9.68. The van der Waals surface area contributed by atoms with Crippen LogP contribution in [0.15, 0.2) is 76.6 Å². The van der Waals surface area contributed by atoms with E-state index in [1.165, 1.54) is 11.0 Å². The van der Waals surface area contributed by atoms with Crippen molar-refractivity contribution in [1.82, 2.24) is 4.98 Å². The van der Waals surface area contributed by atoms with Crippen molar-refractivity contribution in [2.24, 2.45) is 29.6 Å². The highest BCUT2D eigenvalue weighted by Crippen LogP contribution is 2.69. The number of carbonyl (C=O) groups is 3. The Morgan fingerprint density at radius 1 is 1.00 bits per heavy atom. The molecule has 1 N–H and O–H groups in total. The van der Waals surface area contributed by atoms with E-state index in [4.69, 9.17) is 9.47 Å². The largest absolute Gasteiger partial charge is 0.489 e. The minimum atomic E-state index is -0.570. The number of aryl methyl sites for hydroxylation is 1. The van der Waals surface area contributed by atoms with Crippen molar-refractivity contribution < 1.29 is 28.8 Å². The number of non-ortho nitro benzene ring substituents is 1. The van der Waals surface area contributed by atoms with Crippen LogP contribution in [-0.4, -0.2) is 39.5 Å². The number of aromatic amines is 1. The fourth-order valence-electron chi connectivity index (χ4n) is 8.45. The molecule has 11 nitrogen and oxygen atoms in total. The topological polar surface area (TPSA) is 149 Å². The molecule has 2 aliphatic heterocycles. The molecule has 8 rings (SSSR count). The number of hydrogen-bond donors (Lipinski definition) is 1. The Bertz CT molecular complexity index is 2070. The summed E-state index contributed by atoms with van der Waals surface area (Å²) in [5.41, 5.74) is 3.28. The number of hydrogen-bond acceptors (Lipinski definition) is 10. The van der Waals surface area contributed by atoms with Gasteiger partial charge in [0, 0.05) is 33.7 Å². The summed E-state index contributed by atoms with van der Waals surface area (Å²) in [5, 5.41) is 12.6. The van der Waals surface area contributed by atoms with Gasteiger partial charge in [0.1, 0.15) is 12.4 Å². The number of anilines is 1. The first-order valence-corrected chi connectivity index (χ1v) is 17.9. The summed E-state index contributed by atoms with van der Waals surface area (Å²) in [6, 6.07) is 18.8. The number of nitrogens with one attached hydrogen (secondary N) is 1. The van der Waals surface area contributed by atoms with Crippen molar-refractivity contribution in [2.45, 2.75) is 43.1 Å². The molecule has 4 aliphatic rings. The second-order valence-corrected chi connectivity index (χ2v) is 15.2. The summed E-state index contributed by atoms with van der Waals surface area (Å²) in [6.45, 7) is 4.19. The smallest absolute Gasteiger partial charge is 0.338 e. The minimum Gasteiger partial charge on any atom is -0.489 e. The average molecular weight is 698 g/mol. The highest BCUT2D eigenvalue weighted by molar-refractivity contribution is 8.00. The van der Waals surface area contributed by atoms with Gasteiger partial charge < -0.3 is 14.5 Å². The van der Waals surface area contributed by atoms with Crippen LogP contribution >= 0.6 is 23.1 Å². The maximum Gasteiger partial charge on any atom is 0.338 e. The number of nitro benzene ring substituents is 1. The zero-order valence-corrected chi connectivity index (χ0v) is 28.1. The number of nitro groups is 1. The third kappa shape index (κ3) is 5.09. The monoisotopic (exact) mass is 697 g/mol. The molecule has 3 aromatic carbocycles. The molecule has 2 aliphatic carbocycles. The van der Waals surface area contributed by atoms with E-state index in [9.17, 15) is 29.3 Å². The molecule has 0 spiro atoms. The molecular formula is C36H31N3O8S2. The molecule has 1 aromatic heterocycles. The van der Waals surface area contributed by atoms with Crippen LogP contribution in [0.5, 0.6) is 5.75 Å². The fraction of sp³-hybridized carbons (Fsp3) is 0.333. The lowest BCUT2D eigenvalue weighted by Crippen LogP contribution is -2.42. The number of nitrogens with zero attached hydrogens (tertiary/aromatic N) is 2. The normalized spacial score (nSPS) is 26.3. The lowest BCUT2D eigenvalue weighted by molar-refractivity contribution is -0.385. The van der Waals surface area contributed by atoms with Crippen LogP contribution in [0.2, 0.25) is 0 Å².